The van der Waals surface area contributed by atoms with Crippen LogP contribution in [0.1, 0.15) is 24.8 Å². The van der Waals surface area contributed by atoms with Crippen molar-refractivity contribution in [3.63, 3.8) is 0 Å². The quantitative estimate of drug-likeness (QED) is 0.342. The second-order valence-corrected chi connectivity index (χ2v) is 10.3. The highest BCUT2D eigenvalue weighted by atomic mass is 15.4. The molecule has 0 saturated heterocycles. The van der Waals surface area contributed by atoms with Crippen molar-refractivity contribution in [2.24, 2.45) is 5.73 Å². The minimum absolute atomic E-state index is 0.213. The predicted molar refractivity (Wildman–Crippen MR) is 149 cm³/mol. The molecule has 8 nitrogen and oxygen atoms in total. The molecule has 1 fully saturated rings. The molecule has 0 unspecified atom stereocenters. The summed E-state index contributed by atoms with van der Waals surface area (Å²) in [6, 6.07) is 26.9. The first-order chi connectivity index (χ1) is 19.2. The van der Waals surface area contributed by atoms with Gasteiger partial charge in [-0.05, 0) is 60.7 Å². The van der Waals surface area contributed by atoms with Crippen LogP contribution in [0.5, 0.6) is 0 Å². The number of nitrogens with zero attached hydrogens (tertiary/aromatic N) is 7. The maximum atomic E-state index is 6.62. The summed E-state index contributed by atoms with van der Waals surface area (Å²) in [5, 5.41) is 10.9. The minimum Gasteiger partial charge on any atom is -0.321 e. The van der Waals surface area contributed by atoms with Crippen LogP contribution in [0.2, 0.25) is 0 Å². The fourth-order valence-corrected chi connectivity index (χ4v) is 5.57. The lowest BCUT2D eigenvalue weighted by molar-refractivity contribution is -0.498. The van der Waals surface area contributed by atoms with Crippen molar-refractivity contribution >= 4 is 22.2 Å². The van der Waals surface area contributed by atoms with Gasteiger partial charge in [0.2, 0.25) is 0 Å². The van der Waals surface area contributed by atoms with Gasteiger partial charge in [0.15, 0.2) is 11.3 Å². The monoisotopic (exact) mass is 509 g/mol. The number of hydrogen-bond donors (Lipinski definition) is 1. The summed E-state index contributed by atoms with van der Waals surface area (Å²) in [7, 11) is 0. The molecule has 8 heteroatoms. The molecule has 0 aliphatic heterocycles. The van der Waals surface area contributed by atoms with Gasteiger partial charge in [0.25, 0.3) is 5.65 Å². The lowest BCUT2D eigenvalue weighted by Crippen LogP contribution is -2.43. The first-order valence-electron chi connectivity index (χ1n) is 13.2. The van der Waals surface area contributed by atoms with Crippen LogP contribution in [0.25, 0.3) is 50.5 Å². The maximum absolute atomic E-state index is 6.62. The molecule has 1 aliphatic carbocycles. The average Bonchev–Trinajstić information content (AvgIpc) is 3.58. The van der Waals surface area contributed by atoms with Gasteiger partial charge in [0.1, 0.15) is 5.69 Å². The van der Waals surface area contributed by atoms with Gasteiger partial charge >= 0.3 is 5.82 Å². The lowest BCUT2D eigenvalue weighted by atomic mass is 9.73. The maximum Gasteiger partial charge on any atom is 0.334 e. The molecule has 5 heterocycles. The van der Waals surface area contributed by atoms with E-state index < -0.39 is 0 Å². The van der Waals surface area contributed by atoms with E-state index in [1.807, 2.05) is 59.7 Å². The highest BCUT2D eigenvalue weighted by molar-refractivity contribution is 5.93. The van der Waals surface area contributed by atoms with E-state index in [0.29, 0.717) is 0 Å². The molecular weight excluding hydrogens is 484 g/mol. The van der Waals surface area contributed by atoms with Crippen molar-refractivity contribution in [3.8, 4) is 28.3 Å². The first-order valence-corrected chi connectivity index (χ1v) is 13.2. The number of aromatic nitrogens is 7. The molecule has 0 spiro atoms. The summed E-state index contributed by atoms with van der Waals surface area (Å²) in [5.41, 5.74) is 14.0. The summed E-state index contributed by atoms with van der Waals surface area (Å²) in [6.07, 6.45) is 10.8. The molecule has 2 aromatic carbocycles. The van der Waals surface area contributed by atoms with Gasteiger partial charge in [-0.3, -0.25) is 4.98 Å². The van der Waals surface area contributed by atoms with E-state index in [2.05, 4.69) is 51.8 Å². The average molecular weight is 510 g/mol. The standard InChI is InChI=1S/C31H25N8/c32-31(13-4-14-31)23-8-10-24(11-9-23)39-30-25-18-22(21-6-2-1-3-7-21)20-34-26(25)12-17-37(30)29(36-39)27-19-28-33-15-5-16-38(28)35-27/h1-3,5-12,15-20H,4,13-14,32H2/q+1. The lowest BCUT2D eigenvalue weighted by Gasteiger charge is -2.38. The van der Waals surface area contributed by atoms with Crippen molar-refractivity contribution in [2.45, 2.75) is 24.8 Å². The molecule has 2 N–H and O–H groups in total. The molecule has 0 radical (unpaired) electrons. The van der Waals surface area contributed by atoms with Crippen molar-refractivity contribution < 1.29 is 4.40 Å². The Balaban J connectivity index is 1.39. The summed E-state index contributed by atoms with van der Waals surface area (Å²) in [5.74, 6) is 0.723. The SMILES string of the molecule is NC1(c2ccc(-n3nc(-c4cc5ncccn5n4)[n+]4ccc5ncc(-c6ccccc6)cc5c34)cc2)CCC1. The summed E-state index contributed by atoms with van der Waals surface area (Å²) in [6.45, 7) is 0. The third-order valence-corrected chi connectivity index (χ3v) is 7.90. The van der Waals surface area contributed by atoms with Crippen molar-refractivity contribution in [2.75, 3.05) is 0 Å². The normalized spacial score (nSPS) is 14.7. The van der Waals surface area contributed by atoms with Crippen molar-refractivity contribution in [1.29, 1.82) is 0 Å². The van der Waals surface area contributed by atoms with Crippen molar-refractivity contribution in [3.05, 3.63) is 109 Å². The molecule has 0 bridgehead atoms. The van der Waals surface area contributed by atoms with Crippen LogP contribution in [-0.4, -0.2) is 29.4 Å². The van der Waals surface area contributed by atoms with Crippen LogP contribution in [-0.2, 0) is 5.54 Å². The molecule has 7 aromatic rings. The second kappa shape index (κ2) is 8.28. The molecule has 0 amide bonds. The number of pyridine rings is 2. The van der Waals surface area contributed by atoms with Crippen LogP contribution in [0, 0.1) is 0 Å². The fraction of sp³-hybridized carbons (Fsp3) is 0.129. The van der Waals surface area contributed by atoms with Gasteiger partial charge in [-0.25, -0.2) is 9.50 Å². The van der Waals surface area contributed by atoms with Crippen LogP contribution in [0.3, 0.4) is 0 Å². The van der Waals surface area contributed by atoms with Gasteiger partial charge in [0.05, 0.1) is 22.2 Å². The number of fused-ring (bicyclic) bond motifs is 4. The van der Waals surface area contributed by atoms with E-state index in [1.165, 1.54) is 12.0 Å². The Hall–Kier alpha value is -4.95. The van der Waals surface area contributed by atoms with E-state index in [0.717, 1.165) is 63.4 Å². The van der Waals surface area contributed by atoms with Crippen LogP contribution in [0.4, 0.5) is 0 Å². The second-order valence-electron chi connectivity index (χ2n) is 10.3. The Morgan fingerprint density at radius 3 is 2.46 bits per heavy atom. The van der Waals surface area contributed by atoms with Crippen LogP contribution >= 0.6 is 0 Å². The third kappa shape index (κ3) is 3.45. The van der Waals surface area contributed by atoms with Gasteiger partial charge in [-0.2, -0.15) is 9.50 Å². The number of hydrogen-bond acceptors (Lipinski definition) is 5. The first kappa shape index (κ1) is 22.1. The van der Waals surface area contributed by atoms with Crippen LogP contribution in [0.15, 0.2) is 104 Å². The van der Waals surface area contributed by atoms with E-state index >= 15 is 0 Å². The Morgan fingerprint density at radius 1 is 0.846 bits per heavy atom. The van der Waals surface area contributed by atoms with E-state index in [9.17, 15) is 0 Å². The van der Waals surface area contributed by atoms with Gasteiger partial charge in [-0.15, -0.1) is 0 Å². The van der Waals surface area contributed by atoms with E-state index in [1.54, 1.807) is 10.7 Å². The Morgan fingerprint density at radius 2 is 1.69 bits per heavy atom. The van der Waals surface area contributed by atoms with E-state index in [4.69, 9.17) is 20.9 Å². The minimum atomic E-state index is -0.213. The molecule has 1 saturated carbocycles. The largest absolute Gasteiger partial charge is 0.334 e. The number of benzene rings is 2. The topological polar surface area (TPSA) is 91.0 Å². The van der Waals surface area contributed by atoms with Crippen molar-refractivity contribution in [1.82, 2.24) is 29.4 Å². The summed E-state index contributed by atoms with van der Waals surface area (Å²) < 4.78 is 5.84. The zero-order valence-electron chi connectivity index (χ0n) is 21.1. The highest BCUT2D eigenvalue weighted by Gasteiger charge is 2.34. The van der Waals surface area contributed by atoms with Gasteiger partial charge < -0.3 is 5.73 Å². The molecule has 39 heavy (non-hydrogen) atoms. The van der Waals surface area contributed by atoms with E-state index in [-0.39, 0.29) is 5.54 Å². The smallest absolute Gasteiger partial charge is 0.321 e. The molecule has 0 atom stereocenters. The molecular formula is C31H25N8+. The van der Waals surface area contributed by atoms with Gasteiger partial charge in [-0.1, -0.05) is 47.1 Å². The number of nitrogens with two attached hydrogens (primary N) is 1. The Bertz CT molecular complexity index is 1970. The van der Waals surface area contributed by atoms with Gasteiger partial charge in [0, 0.05) is 35.8 Å². The van der Waals surface area contributed by atoms with Crippen LogP contribution < -0.4 is 10.1 Å². The Labute approximate surface area is 224 Å². The number of rotatable bonds is 4. The summed E-state index contributed by atoms with van der Waals surface area (Å²) in [4.78, 5) is 9.27. The molecule has 1 aliphatic rings. The third-order valence-electron chi connectivity index (χ3n) is 7.90. The highest BCUT2D eigenvalue weighted by Crippen LogP contribution is 2.39. The Kier molecular flexibility index (Phi) is 4.68. The fourth-order valence-electron chi connectivity index (χ4n) is 5.57. The zero-order valence-corrected chi connectivity index (χ0v) is 21.1. The molecule has 5 aromatic heterocycles. The summed E-state index contributed by atoms with van der Waals surface area (Å²) >= 11 is 0. The molecule has 188 valence electrons. The molecule has 8 rings (SSSR count). The predicted octanol–water partition coefficient (Wildman–Crippen LogP) is 4.87. The zero-order chi connectivity index (χ0) is 26.0.